The molecule has 0 aliphatic heterocycles. The lowest BCUT2D eigenvalue weighted by Crippen LogP contribution is -1.85. The van der Waals surface area contributed by atoms with E-state index in [1.54, 1.807) is 0 Å². The van der Waals surface area contributed by atoms with E-state index in [1.165, 1.54) is 5.56 Å². The van der Waals surface area contributed by atoms with Crippen LogP contribution in [0, 0.1) is 6.92 Å². The Hall–Kier alpha value is -1.61. The second-order valence-electron chi connectivity index (χ2n) is 4.04. The molecule has 0 radical (unpaired) electrons. The van der Waals surface area contributed by atoms with Crippen molar-refractivity contribution in [2.45, 2.75) is 6.92 Å². The lowest BCUT2D eigenvalue weighted by Gasteiger charge is -1.98. The number of benzene rings is 1. The molecule has 84 valence electrons. The Morgan fingerprint density at radius 2 is 1.88 bits per heavy atom. The van der Waals surface area contributed by atoms with Crippen molar-refractivity contribution in [2.24, 2.45) is 0 Å². The molecule has 0 saturated carbocycles. The van der Waals surface area contributed by atoms with Gasteiger partial charge in [0.05, 0.1) is 10.2 Å². The molecule has 0 unspecified atom stereocenters. The van der Waals surface area contributed by atoms with Crippen molar-refractivity contribution >= 4 is 21.6 Å². The van der Waals surface area contributed by atoms with E-state index in [0.717, 1.165) is 21.4 Å². The summed E-state index contributed by atoms with van der Waals surface area (Å²) < 4.78 is 3.10. The first-order chi connectivity index (χ1) is 8.25. The predicted octanol–water partition coefficient (Wildman–Crippen LogP) is 4.07. The van der Waals surface area contributed by atoms with Gasteiger partial charge in [-0.1, -0.05) is 30.3 Å². The van der Waals surface area contributed by atoms with E-state index in [4.69, 9.17) is 0 Å². The number of halogens is 1. The normalized spacial score (nSPS) is 10.9. The molecule has 0 atom stereocenters. The summed E-state index contributed by atoms with van der Waals surface area (Å²) in [6.45, 7) is 2.07. The number of pyridine rings is 1. The zero-order chi connectivity index (χ0) is 11.8. The number of rotatable bonds is 1. The Labute approximate surface area is 108 Å². The molecule has 0 bridgehead atoms. The SMILES string of the molecule is Cc1ccn2cc(-c3ccccc3)nc2c1Br. The fourth-order valence-corrected chi connectivity index (χ4v) is 2.28. The van der Waals surface area contributed by atoms with Gasteiger partial charge in [0.25, 0.3) is 0 Å². The molecular formula is C14H11BrN2. The summed E-state index contributed by atoms with van der Waals surface area (Å²) >= 11 is 3.58. The molecule has 3 aromatic rings. The summed E-state index contributed by atoms with van der Waals surface area (Å²) in [5.41, 5.74) is 4.30. The van der Waals surface area contributed by atoms with Crippen molar-refractivity contribution in [1.29, 1.82) is 0 Å². The van der Waals surface area contributed by atoms with Gasteiger partial charge in [-0.25, -0.2) is 4.98 Å². The summed E-state index contributed by atoms with van der Waals surface area (Å²) in [4.78, 5) is 4.66. The number of nitrogens with zero attached hydrogens (tertiary/aromatic N) is 2. The van der Waals surface area contributed by atoms with Gasteiger partial charge < -0.3 is 4.40 Å². The molecule has 0 saturated heterocycles. The van der Waals surface area contributed by atoms with Gasteiger partial charge in [0, 0.05) is 18.0 Å². The van der Waals surface area contributed by atoms with E-state index in [1.807, 2.05) is 28.8 Å². The summed E-state index contributed by atoms with van der Waals surface area (Å²) in [7, 11) is 0. The molecule has 17 heavy (non-hydrogen) atoms. The first-order valence-electron chi connectivity index (χ1n) is 5.45. The maximum absolute atomic E-state index is 4.66. The second kappa shape index (κ2) is 4.00. The largest absolute Gasteiger partial charge is 0.305 e. The van der Waals surface area contributed by atoms with Gasteiger partial charge in [0.15, 0.2) is 5.65 Å². The number of imidazole rings is 1. The van der Waals surface area contributed by atoms with Crippen molar-refractivity contribution in [3.05, 3.63) is 58.8 Å². The molecule has 2 nitrogen and oxygen atoms in total. The van der Waals surface area contributed by atoms with Crippen LogP contribution in [0.5, 0.6) is 0 Å². The smallest absolute Gasteiger partial charge is 0.152 e. The van der Waals surface area contributed by atoms with Crippen LogP contribution in [0.3, 0.4) is 0 Å². The first kappa shape index (κ1) is 10.5. The molecule has 0 N–H and O–H groups in total. The monoisotopic (exact) mass is 286 g/mol. The number of hydrogen-bond acceptors (Lipinski definition) is 1. The Bertz CT molecular complexity index is 671. The minimum absolute atomic E-state index is 0.962. The van der Waals surface area contributed by atoms with Gasteiger partial charge in [-0.15, -0.1) is 0 Å². The molecule has 0 amide bonds. The highest BCUT2D eigenvalue weighted by Gasteiger charge is 2.07. The molecule has 0 spiro atoms. The number of aryl methyl sites for hydroxylation is 1. The Morgan fingerprint density at radius 1 is 1.12 bits per heavy atom. The van der Waals surface area contributed by atoms with E-state index in [-0.39, 0.29) is 0 Å². The summed E-state index contributed by atoms with van der Waals surface area (Å²) in [6.07, 6.45) is 4.09. The Morgan fingerprint density at radius 3 is 2.65 bits per heavy atom. The van der Waals surface area contributed by atoms with Gasteiger partial charge in [-0.2, -0.15) is 0 Å². The average molecular weight is 287 g/mol. The molecule has 0 aliphatic carbocycles. The molecule has 2 aromatic heterocycles. The molecule has 0 aliphatic rings. The lowest BCUT2D eigenvalue weighted by molar-refractivity contribution is 1.16. The first-order valence-corrected chi connectivity index (χ1v) is 6.24. The number of aromatic nitrogens is 2. The zero-order valence-corrected chi connectivity index (χ0v) is 11.0. The van der Waals surface area contributed by atoms with Crippen LogP contribution in [0.25, 0.3) is 16.9 Å². The predicted molar refractivity (Wildman–Crippen MR) is 73.1 cm³/mol. The highest BCUT2D eigenvalue weighted by atomic mass is 79.9. The molecule has 3 rings (SSSR count). The van der Waals surface area contributed by atoms with Gasteiger partial charge in [0.2, 0.25) is 0 Å². The van der Waals surface area contributed by atoms with Crippen LogP contribution in [0.4, 0.5) is 0 Å². The standard InChI is InChI=1S/C14H11BrN2/c1-10-7-8-17-9-12(16-14(17)13(10)15)11-5-3-2-4-6-11/h2-9H,1H3. The molecule has 3 heteroatoms. The van der Waals surface area contributed by atoms with Crippen molar-refractivity contribution in [2.75, 3.05) is 0 Å². The van der Waals surface area contributed by atoms with E-state index >= 15 is 0 Å². The van der Waals surface area contributed by atoms with Gasteiger partial charge in [-0.3, -0.25) is 0 Å². The van der Waals surface area contributed by atoms with Crippen LogP contribution in [-0.4, -0.2) is 9.38 Å². The van der Waals surface area contributed by atoms with Gasteiger partial charge in [0.1, 0.15) is 0 Å². The van der Waals surface area contributed by atoms with Crippen molar-refractivity contribution < 1.29 is 0 Å². The molecule has 1 aromatic carbocycles. The minimum Gasteiger partial charge on any atom is -0.305 e. The fourth-order valence-electron chi connectivity index (χ4n) is 1.86. The molecule has 2 heterocycles. The van der Waals surface area contributed by atoms with Gasteiger partial charge in [-0.05, 0) is 34.5 Å². The van der Waals surface area contributed by atoms with Crippen LogP contribution < -0.4 is 0 Å². The lowest BCUT2D eigenvalue weighted by atomic mass is 10.2. The number of hydrogen-bond donors (Lipinski definition) is 0. The third-order valence-electron chi connectivity index (χ3n) is 2.83. The zero-order valence-electron chi connectivity index (χ0n) is 9.39. The topological polar surface area (TPSA) is 17.3 Å². The van der Waals surface area contributed by atoms with Crippen LogP contribution >= 0.6 is 15.9 Å². The van der Waals surface area contributed by atoms with E-state index < -0.39 is 0 Å². The maximum Gasteiger partial charge on any atom is 0.152 e. The fraction of sp³-hybridized carbons (Fsp3) is 0.0714. The van der Waals surface area contributed by atoms with Crippen molar-refractivity contribution in [3.8, 4) is 11.3 Å². The molecule has 0 fully saturated rings. The van der Waals surface area contributed by atoms with Crippen LogP contribution in [0.2, 0.25) is 0 Å². The molecular weight excluding hydrogens is 276 g/mol. The Kier molecular flexibility index (Phi) is 2.48. The third kappa shape index (κ3) is 1.76. The average Bonchev–Trinajstić information content (AvgIpc) is 2.80. The maximum atomic E-state index is 4.66. The van der Waals surface area contributed by atoms with Gasteiger partial charge >= 0.3 is 0 Å². The van der Waals surface area contributed by atoms with Crippen LogP contribution in [-0.2, 0) is 0 Å². The van der Waals surface area contributed by atoms with E-state index in [9.17, 15) is 0 Å². The van der Waals surface area contributed by atoms with Crippen molar-refractivity contribution in [3.63, 3.8) is 0 Å². The highest BCUT2D eigenvalue weighted by molar-refractivity contribution is 9.10. The van der Waals surface area contributed by atoms with E-state index in [0.29, 0.717) is 0 Å². The number of fused-ring (bicyclic) bond motifs is 1. The summed E-state index contributed by atoms with van der Waals surface area (Å²) in [5.74, 6) is 0. The van der Waals surface area contributed by atoms with E-state index in [2.05, 4.69) is 52.2 Å². The summed E-state index contributed by atoms with van der Waals surface area (Å²) in [5, 5.41) is 0. The van der Waals surface area contributed by atoms with Crippen LogP contribution in [0.1, 0.15) is 5.56 Å². The summed E-state index contributed by atoms with van der Waals surface area (Å²) in [6, 6.07) is 12.3. The van der Waals surface area contributed by atoms with Crippen molar-refractivity contribution in [1.82, 2.24) is 9.38 Å². The van der Waals surface area contributed by atoms with Crippen LogP contribution in [0.15, 0.2) is 53.3 Å². The Balaban J connectivity index is 2.24. The highest BCUT2D eigenvalue weighted by Crippen LogP contribution is 2.25. The second-order valence-corrected chi connectivity index (χ2v) is 4.83. The third-order valence-corrected chi connectivity index (χ3v) is 3.81. The minimum atomic E-state index is 0.962. The quantitative estimate of drug-likeness (QED) is 0.659.